The van der Waals surface area contributed by atoms with Gasteiger partial charge in [0.15, 0.2) is 4.90 Å². The molecule has 1 rings (SSSR count). The van der Waals surface area contributed by atoms with Gasteiger partial charge in [-0.1, -0.05) is 0 Å². The molecule has 0 unspecified atom stereocenters. The molecule has 0 bridgehead atoms. The summed E-state index contributed by atoms with van der Waals surface area (Å²) >= 11 is 0. The van der Waals surface area contributed by atoms with Crippen LogP contribution < -0.4 is 5.56 Å². The van der Waals surface area contributed by atoms with E-state index in [1.54, 1.807) is 13.8 Å². The Morgan fingerprint density at radius 1 is 1.38 bits per heavy atom. The molecule has 0 aliphatic carbocycles. The number of rotatable bonds is 2. The number of pyridine rings is 1. The molecule has 0 saturated heterocycles. The first-order chi connectivity index (χ1) is 7.16. The fourth-order valence-electron chi connectivity index (χ4n) is 1.53. The SMILES string of the molecule is Cc1cc(=O)n(C(C)C)c(O)c1S(=O)(=O)O. The largest absolute Gasteiger partial charge is 0.493 e. The Morgan fingerprint density at radius 2 is 1.88 bits per heavy atom. The highest BCUT2D eigenvalue weighted by Gasteiger charge is 2.23. The maximum Gasteiger partial charge on any atom is 0.300 e. The first kappa shape index (κ1) is 12.7. The van der Waals surface area contributed by atoms with E-state index in [1.165, 1.54) is 6.92 Å². The first-order valence-corrected chi connectivity index (χ1v) is 6.03. The molecule has 0 aliphatic heterocycles. The first-order valence-electron chi connectivity index (χ1n) is 4.59. The van der Waals surface area contributed by atoms with Crippen molar-refractivity contribution in [2.75, 3.05) is 0 Å². The van der Waals surface area contributed by atoms with E-state index in [0.29, 0.717) is 0 Å². The molecule has 2 N–H and O–H groups in total. The summed E-state index contributed by atoms with van der Waals surface area (Å²) in [6.45, 7) is 4.56. The Morgan fingerprint density at radius 3 is 2.25 bits per heavy atom. The van der Waals surface area contributed by atoms with Crippen LogP contribution in [0.1, 0.15) is 25.5 Å². The number of hydrogen-bond donors (Lipinski definition) is 2. The number of nitrogens with zero attached hydrogens (tertiary/aromatic N) is 1. The normalized spacial score (nSPS) is 12.1. The Balaban J connectivity index is 3.80. The molecule has 16 heavy (non-hydrogen) atoms. The van der Waals surface area contributed by atoms with Crippen molar-refractivity contribution in [3.05, 3.63) is 22.0 Å². The van der Waals surface area contributed by atoms with Gasteiger partial charge in [0.1, 0.15) is 0 Å². The molecule has 7 heteroatoms. The number of aromatic hydroxyl groups is 1. The minimum absolute atomic E-state index is 0.0156. The summed E-state index contributed by atoms with van der Waals surface area (Å²) in [5, 5.41) is 9.68. The lowest BCUT2D eigenvalue weighted by Gasteiger charge is -2.15. The van der Waals surface area contributed by atoms with Crippen molar-refractivity contribution in [3.63, 3.8) is 0 Å². The van der Waals surface area contributed by atoms with Crippen LogP contribution >= 0.6 is 0 Å². The third-order valence-electron chi connectivity index (χ3n) is 2.14. The Bertz CT molecular complexity index is 570. The summed E-state index contributed by atoms with van der Waals surface area (Å²) < 4.78 is 31.9. The summed E-state index contributed by atoms with van der Waals surface area (Å²) in [6.07, 6.45) is 0. The van der Waals surface area contributed by atoms with Gasteiger partial charge in [-0.2, -0.15) is 8.42 Å². The Kier molecular flexibility index (Phi) is 3.11. The Labute approximate surface area is 92.9 Å². The van der Waals surface area contributed by atoms with Gasteiger partial charge in [-0.05, 0) is 26.3 Å². The van der Waals surface area contributed by atoms with Gasteiger partial charge < -0.3 is 5.11 Å². The minimum Gasteiger partial charge on any atom is -0.493 e. The van der Waals surface area contributed by atoms with Gasteiger partial charge >= 0.3 is 0 Å². The average Bonchev–Trinajstić information content (AvgIpc) is 1.97. The summed E-state index contributed by atoms with van der Waals surface area (Å²) in [7, 11) is -4.55. The highest BCUT2D eigenvalue weighted by molar-refractivity contribution is 7.86. The lowest BCUT2D eigenvalue weighted by molar-refractivity contribution is 0.367. The van der Waals surface area contributed by atoms with E-state index < -0.39 is 32.5 Å². The third-order valence-corrected chi connectivity index (χ3v) is 3.16. The Hall–Kier alpha value is -1.34. The zero-order valence-electron chi connectivity index (χ0n) is 9.13. The standard InChI is InChI=1S/C9H13NO5S/c1-5(2)10-7(11)4-6(3)8(9(10)12)16(13,14)15/h4-5,12H,1-3H3,(H,13,14,15). The summed E-state index contributed by atoms with van der Waals surface area (Å²) in [5.74, 6) is -0.734. The smallest absolute Gasteiger partial charge is 0.300 e. The molecule has 1 aromatic heterocycles. The van der Waals surface area contributed by atoms with Crippen molar-refractivity contribution in [1.29, 1.82) is 0 Å². The highest BCUT2D eigenvalue weighted by Crippen LogP contribution is 2.26. The molecule has 6 nitrogen and oxygen atoms in total. The van der Waals surface area contributed by atoms with Gasteiger partial charge in [0.05, 0.1) is 0 Å². The van der Waals surface area contributed by atoms with Crippen LogP contribution in [0.4, 0.5) is 0 Å². The van der Waals surface area contributed by atoms with Crippen LogP contribution in [0.25, 0.3) is 0 Å². The molecular weight excluding hydrogens is 234 g/mol. The molecule has 0 aliphatic rings. The average molecular weight is 247 g/mol. The maximum atomic E-state index is 11.5. The van der Waals surface area contributed by atoms with E-state index in [9.17, 15) is 18.3 Å². The predicted molar refractivity (Wildman–Crippen MR) is 57.3 cm³/mol. The minimum atomic E-state index is -4.55. The van der Waals surface area contributed by atoms with Crippen LogP contribution in [-0.4, -0.2) is 22.6 Å². The molecule has 0 atom stereocenters. The van der Waals surface area contributed by atoms with Crippen molar-refractivity contribution in [1.82, 2.24) is 4.57 Å². The van der Waals surface area contributed by atoms with Gasteiger partial charge in [-0.3, -0.25) is 13.9 Å². The van der Waals surface area contributed by atoms with Crippen LogP contribution in [-0.2, 0) is 10.1 Å². The number of aryl methyl sites for hydroxylation is 1. The predicted octanol–water partition coefficient (Wildman–Crippen LogP) is 0.690. The molecule has 0 radical (unpaired) electrons. The summed E-state index contributed by atoms with van der Waals surface area (Å²) in [6, 6.07) is 0.650. The van der Waals surface area contributed by atoms with E-state index in [4.69, 9.17) is 4.55 Å². The molecule has 0 spiro atoms. The fraction of sp³-hybridized carbons (Fsp3) is 0.444. The van der Waals surface area contributed by atoms with Gasteiger partial charge in [0.2, 0.25) is 5.88 Å². The molecule has 1 heterocycles. The molecule has 0 aromatic carbocycles. The second kappa shape index (κ2) is 3.91. The number of hydrogen-bond acceptors (Lipinski definition) is 4. The lowest BCUT2D eigenvalue weighted by atomic mass is 10.2. The summed E-state index contributed by atoms with van der Waals surface area (Å²) in [5.41, 5.74) is -0.501. The van der Waals surface area contributed by atoms with Gasteiger partial charge in [0.25, 0.3) is 15.7 Å². The van der Waals surface area contributed by atoms with E-state index in [2.05, 4.69) is 0 Å². The molecule has 0 saturated carbocycles. The van der Waals surface area contributed by atoms with Crippen LogP contribution in [0, 0.1) is 6.92 Å². The third kappa shape index (κ3) is 2.10. The van der Waals surface area contributed by atoms with Crippen molar-refractivity contribution >= 4 is 10.1 Å². The lowest BCUT2D eigenvalue weighted by Crippen LogP contribution is -2.23. The van der Waals surface area contributed by atoms with Gasteiger partial charge in [-0.25, -0.2) is 0 Å². The van der Waals surface area contributed by atoms with Gasteiger partial charge in [-0.15, -0.1) is 0 Å². The molecular formula is C9H13NO5S. The topological polar surface area (TPSA) is 96.6 Å². The van der Waals surface area contributed by atoms with Crippen molar-refractivity contribution < 1.29 is 18.1 Å². The van der Waals surface area contributed by atoms with E-state index in [0.717, 1.165) is 10.6 Å². The second-order valence-electron chi connectivity index (χ2n) is 3.76. The zero-order chi connectivity index (χ0) is 12.7. The quantitative estimate of drug-likeness (QED) is 0.749. The van der Waals surface area contributed by atoms with E-state index in [-0.39, 0.29) is 5.56 Å². The van der Waals surface area contributed by atoms with Crippen LogP contribution in [0.2, 0.25) is 0 Å². The molecule has 1 aromatic rings. The molecule has 0 amide bonds. The highest BCUT2D eigenvalue weighted by atomic mass is 32.2. The van der Waals surface area contributed by atoms with Crippen molar-refractivity contribution in [3.8, 4) is 5.88 Å². The monoisotopic (exact) mass is 247 g/mol. The van der Waals surface area contributed by atoms with E-state index >= 15 is 0 Å². The van der Waals surface area contributed by atoms with Crippen LogP contribution in [0.3, 0.4) is 0 Å². The zero-order valence-corrected chi connectivity index (χ0v) is 9.95. The molecule has 0 fully saturated rings. The second-order valence-corrected chi connectivity index (χ2v) is 5.12. The summed E-state index contributed by atoms with van der Waals surface area (Å²) in [4.78, 5) is 10.9. The van der Waals surface area contributed by atoms with Crippen molar-refractivity contribution in [2.45, 2.75) is 31.7 Å². The maximum absolute atomic E-state index is 11.5. The van der Waals surface area contributed by atoms with Gasteiger partial charge in [0, 0.05) is 12.1 Å². The molecule has 90 valence electrons. The van der Waals surface area contributed by atoms with Crippen LogP contribution in [0.5, 0.6) is 5.88 Å². The van der Waals surface area contributed by atoms with E-state index in [1.807, 2.05) is 0 Å². The fourth-order valence-corrected chi connectivity index (χ4v) is 2.32. The van der Waals surface area contributed by atoms with Crippen molar-refractivity contribution in [2.24, 2.45) is 0 Å². The van der Waals surface area contributed by atoms with Crippen LogP contribution in [0.15, 0.2) is 15.8 Å². The number of aromatic nitrogens is 1.